The number of methoxy groups -OCH3 is 1. The number of aliphatic hydroxyl groups excluding tert-OH is 1. The number of fused-ring (bicyclic) bond motifs is 1. The van der Waals surface area contributed by atoms with E-state index in [0.717, 1.165) is 16.9 Å². The fraction of sp³-hybridized carbons (Fsp3) is 0.333. The molecule has 1 heterocycles. The minimum Gasteiger partial charge on any atom is -0.497 e. The zero-order chi connectivity index (χ0) is 15.0. The molecule has 1 aliphatic rings. The topological polar surface area (TPSA) is 38.7 Å². The summed E-state index contributed by atoms with van der Waals surface area (Å²) in [6.45, 7) is 4.14. The molecule has 0 fully saturated rings. The van der Waals surface area contributed by atoms with E-state index < -0.39 is 6.10 Å². The van der Waals surface area contributed by atoms with Crippen LogP contribution >= 0.6 is 0 Å². The summed E-state index contributed by atoms with van der Waals surface area (Å²) in [6.07, 6.45) is -0.0621. The Hall–Kier alpha value is -2.00. The van der Waals surface area contributed by atoms with Crippen LogP contribution in [0.3, 0.4) is 0 Å². The van der Waals surface area contributed by atoms with Crippen LogP contribution in [0.25, 0.3) is 0 Å². The SMILES string of the molecule is COc1ccc2c(c1)OC(c1cc(C)ccc1C)C[C@@H]2O. The summed E-state index contributed by atoms with van der Waals surface area (Å²) in [5, 5.41) is 10.4. The maximum atomic E-state index is 10.4. The van der Waals surface area contributed by atoms with Gasteiger partial charge in [0.05, 0.1) is 13.2 Å². The van der Waals surface area contributed by atoms with Gasteiger partial charge in [0.25, 0.3) is 0 Å². The molecule has 0 spiro atoms. The van der Waals surface area contributed by atoms with Gasteiger partial charge in [-0.1, -0.05) is 23.8 Å². The molecule has 2 aromatic rings. The van der Waals surface area contributed by atoms with Gasteiger partial charge in [-0.05, 0) is 37.1 Å². The van der Waals surface area contributed by atoms with Gasteiger partial charge in [-0.25, -0.2) is 0 Å². The highest BCUT2D eigenvalue weighted by Gasteiger charge is 2.29. The van der Waals surface area contributed by atoms with Crippen molar-refractivity contribution in [3.8, 4) is 11.5 Å². The highest BCUT2D eigenvalue weighted by molar-refractivity contribution is 5.45. The van der Waals surface area contributed by atoms with E-state index in [4.69, 9.17) is 9.47 Å². The van der Waals surface area contributed by atoms with E-state index >= 15 is 0 Å². The number of hydrogen-bond acceptors (Lipinski definition) is 3. The molecule has 2 aromatic carbocycles. The van der Waals surface area contributed by atoms with E-state index in [0.29, 0.717) is 12.2 Å². The number of rotatable bonds is 2. The summed E-state index contributed by atoms with van der Waals surface area (Å²) < 4.78 is 11.4. The van der Waals surface area contributed by atoms with Gasteiger partial charge in [-0.2, -0.15) is 0 Å². The van der Waals surface area contributed by atoms with Crippen molar-refractivity contribution in [2.75, 3.05) is 7.11 Å². The molecule has 0 aliphatic carbocycles. The normalized spacial score (nSPS) is 20.6. The average molecular weight is 284 g/mol. The van der Waals surface area contributed by atoms with Gasteiger partial charge >= 0.3 is 0 Å². The third-order valence-electron chi connectivity index (χ3n) is 4.07. The Kier molecular flexibility index (Phi) is 3.60. The van der Waals surface area contributed by atoms with Crippen LogP contribution in [0.5, 0.6) is 11.5 Å². The van der Waals surface area contributed by atoms with E-state index in [1.807, 2.05) is 18.2 Å². The summed E-state index contributed by atoms with van der Waals surface area (Å²) in [5.74, 6) is 1.45. The molecule has 0 radical (unpaired) electrons. The van der Waals surface area contributed by atoms with Crippen molar-refractivity contribution in [1.29, 1.82) is 0 Å². The van der Waals surface area contributed by atoms with Crippen molar-refractivity contribution >= 4 is 0 Å². The van der Waals surface area contributed by atoms with E-state index in [1.54, 1.807) is 7.11 Å². The molecule has 3 heteroatoms. The van der Waals surface area contributed by atoms with Crippen molar-refractivity contribution in [2.45, 2.75) is 32.5 Å². The fourth-order valence-electron chi connectivity index (χ4n) is 2.85. The lowest BCUT2D eigenvalue weighted by Crippen LogP contribution is -2.20. The quantitative estimate of drug-likeness (QED) is 0.910. The maximum absolute atomic E-state index is 10.4. The standard InChI is InChI=1S/C18H20O3/c1-11-4-5-12(2)15(8-11)18-10-16(19)14-7-6-13(20-3)9-17(14)21-18/h4-9,16,18-19H,10H2,1-3H3/t16-,18?/m0/s1. The van der Waals surface area contributed by atoms with Crippen LogP contribution in [-0.4, -0.2) is 12.2 Å². The van der Waals surface area contributed by atoms with E-state index in [9.17, 15) is 5.11 Å². The molecule has 1 unspecified atom stereocenters. The fourth-order valence-corrected chi connectivity index (χ4v) is 2.85. The number of ether oxygens (including phenoxy) is 2. The average Bonchev–Trinajstić information content (AvgIpc) is 2.49. The Labute approximate surface area is 125 Å². The summed E-state index contributed by atoms with van der Waals surface area (Å²) >= 11 is 0. The number of benzene rings is 2. The van der Waals surface area contributed by atoms with Gasteiger partial charge in [0, 0.05) is 18.1 Å². The summed E-state index contributed by atoms with van der Waals surface area (Å²) in [4.78, 5) is 0. The second-order valence-electron chi connectivity index (χ2n) is 5.62. The lowest BCUT2D eigenvalue weighted by atomic mass is 9.92. The Bertz CT molecular complexity index is 664. The van der Waals surface area contributed by atoms with E-state index in [1.165, 1.54) is 11.1 Å². The van der Waals surface area contributed by atoms with Gasteiger partial charge in [0.1, 0.15) is 17.6 Å². The molecule has 1 aliphatic heterocycles. The molecule has 3 nitrogen and oxygen atoms in total. The molecule has 0 amide bonds. The molecule has 110 valence electrons. The molecule has 0 saturated heterocycles. The minimum atomic E-state index is -0.510. The molecule has 0 bridgehead atoms. The predicted molar refractivity (Wildman–Crippen MR) is 81.9 cm³/mol. The summed E-state index contributed by atoms with van der Waals surface area (Å²) in [6, 6.07) is 11.9. The molecule has 21 heavy (non-hydrogen) atoms. The third kappa shape index (κ3) is 2.61. The highest BCUT2D eigenvalue weighted by atomic mass is 16.5. The second-order valence-corrected chi connectivity index (χ2v) is 5.62. The van der Waals surface area contributed by atoms with E-state index in [2.05, 4.69) is 32.0 Å². The van der Waals surface area contributed by atoms with Crippen LogP contribution < -0.4 is 9.47 Å². The van der Waals surface area contributed by atoms with Crippen molar-refractivity contribution in [3.63, 3.8) is 0 Å². The molecule has 0 aromatic heterocycles. The largest absolute Gasteiger partial charge is 0.497 e. The smallest absolute Gasteiger partial charge is 0.129 e. The molecular formula is C18H20O3. The van der Waals surface area contributed by atoms with Gasteiger partial charge in [0.2, 0.25) is 0 Å². The van der Waals surface area contributed by atoms with Crippen LogP contribution in [0, 0.1) is 13.8 Å². The third-order valence-corrected chi connectivity index (χ3v) is 4.07. The minimum absolute atomic E-state index is 0.125. The van der Waals surface area contributed by atoms with Crippen LogP contribution in [0.15, 0.2) is 36.4 Å². The van der Waals surface area contributed by atoms with Gasteiger partial charge < -0.3 is 14.6 Å². The van der Waals surface area contributed by atoms with Crippen LogP contribution in [0.4, 0.5) is 0 Å². The summed E-state index contributed by atoms with van der Waals surface area (Å²) in [5.41, 5.74) is 4.36. The molecule has 3 rings (SSSR count). The van der Waals surface area contributed by atoms with E-state index in [-0.39, 0.29) is 6.10 Å². The predicted octanol–water partition coefficient (Wildman–Crippen LogP) is 3.87. The molecule has 2 atom stereocenters. The zero-order valence-corrected chi connectivity index (χ0v) is 12.6. The number of hydrogen-bond donors (Lipinski definition) is 1. The molecular weight excluding hydrogens is 264 g/mol. The number of aliphatic hydroxyl groups is 1. The van der Waals surface area contributed by atoms with Gasteiger partial charge in [-0.15, -0.1) is 0 Å². The Morgan fingerprint density at radius 2 is 1.90 bits per heavy atom. The van der Waals surface area contributed by atoms with Crippen LogP contribution in [0.1, 0.15) is 40.9 Å². The highest BCUT2D eigenvalue weighted by Crippen LogP contribution is 2.42. The van der Waals surface area contributed by atoms with Crippen LogP contribution in [0.2, 0.25) is 0 Å². The Morgan fingerprint density at radius 3 is 2.67 bits per heavy atom. The monoisotopic (exact) mass is 284 g/mol. The molecule has 0 saturated carbocycles. The van der Waals surface area contributed by atoms with Gasteiger partial charge in [0.15, 0.2) is 0 Å². The first kappa shape index (κ1) is 14.0. The first-order valence-corrected chi connectivity index (χ1v) is 7.18. The van der Waals surface area contributed by atoms with Crippen molar-refractivity contribution < 1.29 is 14.6 Å². The van der Waals surface area contributed by atoms with Crippen molar-refractivity contribution in [2.24, 2.45) is 0 Å². The molecule has 1 N–H and O–H groups in total. The lowest BCUT2D eigenvalue weighted by molar-refractivity contribution is 0.0652. The number of aryl methyl sites for hydroxylation is 2. The van der Waals surface area contributed by atoms with Crippen molar-refractivity contribution in [1.82, 2.24) is 0 Å². The zero-order valence-electron chi connectivity index (χ0n) is 12.6. The summed E-state index contributed by atoms with van der Waals surface area (Å²) in [7, 11) is 1.63. The van der Waals surface area contributed by atoms with Crippen molar-refractivity contribution in [3.05, 3.63) is 58.7 Å². The van der Waals surface area contributed by atoms with Gasteiger partial charge in [-0.3, -0.25) is 0 Å². The Morgan fingerprint density at radius 1 is 1.10 bits per heavy atom. The first-order valence-electron chi connectivity index (χ1n) is 7.18. The Balaban J connectivity index is 1.98. The maximum Gasteiger partial charge on any atom is 0.129 e. The first-order chi connectivity index (χ1) is 10.1. The van der Waals surface area contributed by atoms with Crippen LogP contribution in [-0.2, 0) is 0 Å². The second kappa shape index (κ2) is 5.41. The lowest BCUT2D eigenvalue weighted by Gasteiger charge is -2.31.